The molecule has 1 heterocycles. The summed E-state index contributed by atoms with van der Waals surface area (Å²) in [5.41, 5.74) is 8.17. The molecule has 0 radical (unpaired) electrons. The molecular weight excluding hydrogens is 260 g/mol. The molecule has 0 spiro atoms. The maximum atomic E-state index is 6.68. The molecule has 1 aromatic heterocycles. The van der Waals surface area contributed by atoms with Crippen molar-refractivity contribution in [2.24, 2.45) is 5.73 Å². The standard InChI is InChI=1S/C17H24N4/c1-2-21-16(19-13-20-21)12-15(18)17(10-6-7-11-17)14-8-4-3-5-9-14/h3-5,8-9,13,15H,2,6-7,10-12,18H2,1H3. The van der Waals surface area contributed by atoms with Gasteiger partial charge in [0.1, 0.15) is 12.2 Å². The fraction of sp³-hybridized carbons (Fsp3) is 0.529. The zero-order valence-corrected chi connectivity index (χ0v) is 12.7. The summed E-state index contributed by atoms with van der Waals surface area (Å²) in [7, 11) is 0. The average Bonchev–Trinajstić information content (AvgIpc) is 3.17. The van der Waals surface area contributed by atoms with Gasteiger partial charge in [0.05, 0.1) is 0 Å². The second-order valence-electron chi connectivity index (χ2n) is 6.03. The molecule has 2 N–H and O–H groups in total. The first-order chi connectivity index (χ1) is 10.3. The van der Waals surface area contributed by atoms with E-state index in [1.54, 1.807) is 6.33 Å². The molecule has 2 aromatic rings. The van der Waals surface area contributed by atoms with Gasteiger partial charge in [-0.1, -0.05) is 43.2 Å². The molecule has 0 saturated heterocycles. The van der Waals surface area contributed by atoms with Crippen molar-refractivity contribution in [2.45, 2.75) is 57.0 Å². The van der Waals surface area contributed by atoms with Gasteiger partial charge in [0.15, 0.2) is 0 Å². The van der Waals surface area contributed by atoms with Crippen LogP contribution in [-0.4, -0.2) is 20.8 Å². The monoisotopic (exact) mass is 284 g/mol. The molecule has 112 valence electrons. The Labute approximate surface area is 126 Å². The quantitative estimate of drug-likeness (QED) is 0.918. The van der Waals surface area contributed by atoms with Crippen molar-refractivity contribution in [3.63, 3.8) is 0 Å². The predicted octanol–water partition coefficient (Wildman–Crippen LogP) is 2.68. The maximum absolute atomic E-state index is 6.68. The number of aryl methyl sites for hydroxylation is 1. The van der Waals surface area contributed by atoms with Crippen LogP contribution in [0.25, 0.3) is 0 Å². The van der Waals surface area contributed by atoms with Crippen LogP contribution in [0, 0.1) is 0 Å². The van der Waals surface area contributed by atoms with E-state index in [2.05, 4.69) is 47.3 Å². The molecule has 4 heteroatoms. The van der Waals surface area contributed by atoms with Crippen molar-refractivity contribution in [1.29, 1.82) is 0 Å². The van der Waals surface area contributed by atoms with Crippen LogP contribution in [0.3, 0.4) is 0 Å². The summed E-state index contributed by atoms with van der Waals surface area (Å²) in [5, 5.41) is 4.26. The highest BCUT2D eigenvalue weighted by Crippen LogP contribution is 2.43. The molecule has 0 bridgehead atoms. The number of aromatic nitrogens is 3. The molecular formula is C17H24N4. The van der Waals surface area contributed by atoms with E-state index in [0.29, 0.717) is 0 Å². The Bertz CT molecular complexity index is 569. The van der Waals surface area contributed by atoms with E-state index in [9.17, 15) is 0 Å². The molecule has 0 aliphatic heterocycles. The summed E-state index contributed by atoms with van der Waals surface area (Å²) in [5.74, 6) is 1.01. The van der Waals surface area contributed by atoms with E-state index in [-0.39, 0.29) is 11.5 Å². The van der Waals surface area contributed by atoms with Gasteiger partial charge < -0.3 is 5.73 Å². The lowest BCUT2D eigenvalue weighted by atomic mass is 9.72. The normalized spacial score (nSPS) is 18.8. The van der Waals surface area contributed by atoms with Crippen molar-refractivity contribution < 1.29 is 0 Å². The molecule has 1 atom stereocenters. The van der Waals surface area contributed by atoms with E-state index in [1.807, 2.05) is 4.68 Å². The van der Waals surface area contributed by atoms with Crippen molar-refractivity contribution in [2.75, 3.05) is 0 Å². The van der Waals surface area contributed by atoms with Crippen LogP contribution in [0.4, 0.5) is 0 Å². The molecule has 1 saturated carbocycles. The molecule has 4 nitrogen and oxygen atoms in total. The zero-order valence-electron chi connectivity index (χ0n) is 12.7. The Balaban J connectivity index is 1.88. The molecule has 1 fully saturated rings. The molecule has 21 heavy (non-hydrogen) atoms. The first kappa shape index (κ1) is 14.3. The van der Waals surface area contributed by atoms with Gasteiger partial charge in [-0.05, 0) is 25.3 Å². The smallest absolute Gasteiger partial charge is 0.138 e. The van der Waals surface area contributed by atoms with E-state index in [1.165, 1.54) is 31.2 Å². The minimum Gasteiger partial charge on any atom is -0.326 e. The number of rotatable bonds is 5. The Morgan fingerprint density at radius 2 is 1.95 bits per heavy atom. The third-order valence-electron chi connectivity index (χ3n) is 4.95. The number of nitrogens with two attached hydrogens (primary N) is 1. The van der Waals surface area contributed by atoms with Gasteiger partial charge in [0.2, 0.25) is 0 Å². The Hall–Kier alpha value is -1.68. The summed E-state index contributed by atoms with van der Waals surface area (Å²) < 4.78 is 1.95. The summed E-state index contributed by atoms with van der Waals surface area (Å²) >= 11 is 0. The lowest BCUT2D eigenvalue weighted by Gasteiger charge is -2.36. The Kier molecular flexibility index (Phi) is 4.06. The predicted molar refractivity (Wildman–Crippen MR) is 84.0 cm³/mol. The van der Waals surface area contributed by atoms with Gasteiger partial charge in [-0.3, -0.25) is 4.68 Å². The number of hydrogen-bond acceptors (Lipinski definition) is 3. The zero-order chi connectivity index (χ0) is 14.7. The summed E-state index contributed by atoms with van der Waals surface area (Å²) in [6.45, 7) is 2.94. The van der Waals surface area contributed by atoms with Crippen LogP contribution in [0.15, 0.2) is 36.7 Å². The lowest BCUT2D eigenvalue weighted by molar-refractivity contribution is 0.339. The van der Waals surface area contributed by atoms with Gasteiger partial charge in [0.25, 0.3) is 0 Å². The van der Waals surface area contributed by atoms with Gasteiger partial charge >= 0.3 is 0 Å². The van der Waals surface area contributed by atoms with Crippen LogP contribution < -0.4 is 5.73 Å². The van der Waals surface area contributed by atoms with Crippen molar-refractivity contribution in [3.05, 3.63) is 48.0 Å². The molecule has 1 unspecified atom stereocenters. The first-order valence-electron chi connectivity index (χ1n) is 7.94. The fourth-order valence-corrected chi connectivity index (χ4v) is 3.75. The van der Waals surface area contributed by atoms with Crippen LogP contribution >= 0.6 is 0 Å². The Morgan fingerprint density at radius 3 is 2.62 bits per heavy atom. The van der Waals surface area contributed by atoms with Gasteiger partial charge in [-0.15, -0.1) is 0 Å². The highest BCUT2D eigenvalue weighted by molar-refractivity contribution is 5.29. The van der Waals surface area contributed by atoms with Gasteiger partial charge in [0, 0.05) is 24.4 Å². The van der Waals surface area contributed by atoms with Crippen LogP contribution in [0.2, 0.25) is 0 Å². The van der Waals surface area contributed by atoms with Crippen molar-refractivity contribution >= 4 is 0 Å². The van der Waals surface area contributed by atoms with E-state index in [4.69, 9.17) is 5.73 Å². The van der Waals surface area contributed by atoms with Gasteiger partial charge in [-0.25, -0.2) is 4.98 Å². The number of benzene rings is 1. The summed E-state index contributed by atoms with van der Waals surface area (Å²) in [6.07, 6.45) is 7.32. The third-order valence-corrected chi connectivity index (χ3v) is 4.95. The largest absolute Gasteiger partial charge is 0.326 e. The van der Waals surface area contributed by atoms with E-state index < -0.39 is 0 Å². The SMILES string of the molecule is CCn1ncnc1CC(N)C1(c2ccccc2)CCCC1. The first-order valence-corrected chi connectivity index (χ1v) is 7.94. The maximum Gasteiger partial charge on any atom is 0.138 e. The summed E-state index contributed by atoms with van der Waals surface area (Å²) in [6, 6.07) is 10.9. The van der Waals surface area contributed by atoms with E-state index >= 15 is 0 Å². The third kappa shape index (κ3) is 2.60. The molecule has 1 aliphatic carbocycles. The highest BCUT2D eigenvalue weighted by atomic mass is 15.3. The topological polar surface area (TPSA) is 56.7 Å². The van der Waals surface area contributed by atoms with Crippen LogP contribution in [-0.2, 0) is 18.4 Å². The summed E-state index contributed by atoms with van der Waals surface area (Å²) in [4.78, 5) is 4.40. The molecule has 3 rings (SSSR count). The second-order valence-corrected chi connectivity index (χ2v) is 6.03. The molecule has 0 amide bonds. The highest BCUT2D eigenvalue weighted by Gasteiger charge is 2.41. The van der Waals surface area contributed by atoms with Crippen LogP contribution in [0.5, 0.6) is 0 Å². The van der Waals surface area contributed by atoms with Gasteiger partial charge in [-0.2, -0.15) is 5.10 Å². The Morgan fingerprint density at radius 1 is 1.24 bits per heavy atom. The van der Waals surface area contributed by atoms with Crippen molar-refractivity contribution in [3.8, 4) is 0 Å². The molecule has 1 aliphatic rings. The number of hydrogen-bond donors (Lipinski definition) is 1. The average molecular weight is 284 g/mol. The fourth-order valence-electron chi connectivity index (χ4n) is 3.75. The molecule has 1 aromatic carbocycles. The lowest BCUT2D eigenvalue weighted by Crippen LogP contribution is -2.45. The van der Waals surface area contributed by atoms with E-state index in [0.717, 1.165) is 18.8 Å². The minimum atomic E-state index is 0.0944. The van der Waals surface area contributed by atoms with Crippen LogP contribution in [0.1, 0.15) is 44.0 Å². The van der Waals surface area contributed by atoms with Crippen molar-refractivity contribution in [1.82, 2.24) is 14.8 Å². The number of nitrogens with zero attached hydrogens (tertiary/aromatic N) is 3. The second kappa shape index (κ2) is 5.98. The minimum absolute atomic E-state index is 0.0944.